The SMILES string of the molecule is CO[C@@]1(COc2cccc(C)c2)CCN(CC(=O)O)C1. The van der Waals surface area contributed by atoms with Crippen molar-refractivity contribution in [3.63, 3.8) is 0 Å². The van der Waals surface area contributed by atoms with Gasteiger partial charge in [0.1, 0.15) is 18.0 Å². The standard InChI is InChI=1S/C15H21NO4/c1-12-4-3-5-13(8-12)20-11-15(19-2)6-7-16(10-15)9-14(17)18/h3-5,8H,6-7,9-11H2,1-2H3,(H,17,18)/t15-/m0/s1. The minimum atomic E-state index is -0.809. The van der Waals surface area contributed by atoms with Gasteiger partial charge in [0.05, 0.1) is 6.54 Å². The van der Waals surface area contributed by atoms with E-state index >= 15 is 0 Å². The number of benzene rings is 1. The van der Waals surface area contributed by atoms with E-state index in [0.717, 1.165) is 24.3 Å². The second kappa shape index (κ2) is 6.24. The van der Waals surface area contributed by atoms with Gasteiger partial charge in [0.2, 0.25) is 0 Å². The molecule has 0 radical (unpaired) electrons. The fourth-order valence-corrected chi connectivity index (χ4v) is 2.52. The molecule has 0 saturated carbocycles. The molecule has 1 N–H and O–H groups in total. The zero-order chi connectivity index (χ0) is 14.6. The van der Waals surface area contributed by atoms with Crippen LogP contribution in [-0.2, 0) is 9.53 Å². The van der Waals surface area contributed by atoms with Crippen molar-refractivity contribution in [3.8, 4) is 5.75 Å². The van der Waals surface area contributed by atoms with E-state index in [9.17, 15) is 4.79 Å². The Kier molecular flexibility index (Phi) is 4.62. The fraction of sp³-hybridized carbons (Fsp3) is 0.533. The van der Waals surface area contributed by atoms with Gasteiger partial charge in [0, 0.05) is 20.2 Å². The molecule has 0 amide bonds. The number of nitrogens with zero attached hydrogens (tertiary/aromatic N) is 1. The highest BCUT2D eigenvalue weighted by atomic mass is 16.5. The molecule has 1 fully saturated rings. The van der Waals surface area contributed by atoms with Gasteiger partial charge in [-0.15, -0.1) is 0 Å². The lowest BCUT2D eigenvalue weighted by atomic mass is 10.0. The zero-order valence-corrected chi connectivity index (χ0v) is 12.0. The summed E-state index contributed by atoms with van der Waals surface area (Å²) in [6.45, 7) is 3.81. The molecule has 0 unspecified atom stereocenters. The summed E-state index contributed by atoms with van der Waals surface area (Å²) in [4.78, 5) is 12.6. The Labute approximate surface area is 119 Å². The second-order valence-electron chi connectivity index (χ2n) is 5.35. The molecule has 5 heteroatoms. The van der Waals surface area contributed by atoms with E-state index in [2.05, 4.69) is 0 Å². The summed E-state index contributed by atoms with van der Waals surface area (Å²) in [5.74, 6) is 0.00890. The lowest BCUT2D eigenvalue weighted by molar-refractivity contribution is -0.138. The molecule has 1 aromatic rings. The van der Waals surface area contributed by atoms with Crippen LogP contribution in [0.25, 0.3) is 0 Å². The van der Waals surface area contributed by atoms with Crippen LogP contribution in [0.5, 0.6) is 5.75 Å². The summed E-state index contributed by atoms with van der Waals surface area (Å²) >= 11 is 0. The van der Waals surface area contributed by atoms with Gasteiger partial charge in [-0.25, -0.2) is 0 Å². The summed E-state index contributed by atoms with van der Waals surface area (Å²) in [5, 5.41) is 8.84. The average Bonchev–Trinajstić information content (AvgIpc) is 2.80. The summed E-state index contributed by atoms with van der Waals surface area (Å²) in [7, 11) is 1.66. The van der Waals surface area contributed by atoms with Gasteiger partial charge in [-0.1, -0.05) is 12.1 Å². The normalized spacial score (nSPS) is 22.9. The number of rotatable bonds is 6. The fourth-order valence-electron chi connectivity index (χ4n) is 2.52. The second-order valence-corrected chi connectivity index (χ2v) is 5.35. The maximum atomic E-state index is 10.8. The number of ether oxygens (including phenoxy) is 2. The van der Waals surface area contributed by atoms with Crippen molar-refractivity contribution in [1.82, 2.24) is 4.90 Å². The summed E-state index contributed by atoms with van der Waals surface area (Å²) < 4.78 is 11.4. The molecule has 1 atom stereocenters. The molecule has 1 aliphatic rings. The van der Waals surface area contributed by atoms with Gasteiger partial charge < -0.3 is 14.6 Å². The molecular formula is C15H21NO4. The van der Waals surface area contributed by atoms with Gasteiger partial charge in [-0.2, -0.15) is 0 Å². The molecule has 1 aromatic carbocycles. The molecule has 5 nitrogen and oxygen atoms in total. The van der Waals surface area contributed by atoms with E-state index in [1.54, 1.807) is 7.11 Å². The monoisotopic (exact) mass is 279 g/mol. The third-order valence-electron chi connectivity index (χ3n) is 3.68. The minimum absolute atomic E-state index is 0.0511. The summed E-state index contributed by atoms with van der Waals surface area (Å²) in [6.07, 6.45) is 0.780. The molecule has 110 valence electrons. The van der Waals surface area contributed by atoms with Crippen LogP contribution in [0.1, 0.15) is 12.0 Å². The van der Waals surface area contributed by atoms with Crippen molar-refractivity contribution in [2.24, 2.45) is 0 Å². The third kappa shape index (κ3) is 3.71. The van der Waals surface area contributed by atoms with Gasteiger partial charge in [-0.05, 0) is 31.0 Å². The topological polar surface area (TPSA) is 59.0 Å². The van der Waals surface area contributed by atoms with Crippen LogP contribution in [-0.4, -0.2) is 54.9 Å². The maximum Gasteiger partial charge on any atom is 0.317 e. The van der Waals surface area contributed by atoms with Crippen molar-refractivity contribution in [1.29, 1.82) is 0 Å². The van der Waals surface area contributed by atoms with Crippen LogP contribution in [0.3, 0.4) is 0 Å². The highest BCUT2D eigenvalue weighted by Gasteiger charge is 2.39. The maximum absolute atomic E-state index is 10.8. The number of carboxylic acids is 1. The van der Waals surface area contributed by atoms with Crippen molar-refractivity contribution in [3.05, 3.63) is 29.8 Å². The summed E-state index contributed by atoms with van der Waals surface area (Å²) in [5.41, 5.74) is 0.729. The van der Waals surface area contributed by atoms with Crippen LogP contribution in [0.15, 0.2) is 24.3 Å². The molecule has 20 heavy (non-hydrogen) atoms. The number of carbonyl (C=O) groups is 1. The highest BCUT2D eigenvalue weighted by Crippen LogP contribution is 2.26. The zero-order valence-electron chi connectivity index (χ0n) is 12.0. The first-order valence-electron chi connectivity index (χ1n) is 6.72. The van der Waals surface area contributed by atoms with Gasteiger partial charge in [0.15, 0.2) is 0 Å². The van der Waals surface area contributed by atoms with Gasteiger partial charge >= 0.3 is 5.97 Å². The Hall–Kier alpha value is -1.59. The Morgan fingerprint density at radius 3 is 2.95 bits per heavy atom. The van der Waals surface area contributed by atoms with Gasteiger partial charge in [-0.3, -0.25) is 9.69 Å². The van der Waals surface area contributed by atoms with Crippen molar-refractivity contribution in [2.45, 2.75) is 18.9 Å². The van der Waals surface area contributed by atoms with E-state index in [4.69, 9.17) is 14.6 Å². The van der Waals surface area contributed by atoms with Crippen LogP contribution in [0.2, 0.25) is 0 Å². The Morgan fingerprint density at radius 1 is 1.50 bits per heavy atom. The minimum Gasteiger partial charge on any atom is -0.491 e. The molecule has 0 bridgehead atoms. The predicted octanol–water partition coefficient (Wildman–Crippen LogP) is 1.55. The molecular weight excluding hydrogens is 258 g/mol. The number of aryl methyl sites for hydroxylation is 1. The molecule has 1 aliphatic heterocycles. The van der Waals surface area contributed by atoms with E-state index in [0.29, 0.717) is 13.2 Å². The highest BCUT2D eigenvalue weighted by molar-refractivity contribution is 5.69. The number of hydrogen-bond donors (Lipinski definition) is 1. The number of likely N-dealkylation sites (tertiary alicyclic amines) is 1. The third-order valence-corrected chi connectivity index (χ3v) is 3.68. The van der Waals surface area contributed by atoms with Crippen LogP contribution in [0, 0.1) is 6.92 Å². The van der Waals surface area contributed by atoms with Crippen molar-refractivity contribution < 1.29 is 19.4 Å². The van der Waals surface area contributed by atoms with E-state index in [1.807, 2.05) is 36.1 Å². The first-order valence-corrected chi connectivity index (χ1v) is 6.72. The molecule has 1 heterocycles. The van der Waals surface area contributed by atoms with Crippen molar-refractivity contribution in [2.75, 3.05) is 33.4 Å². The van der Waals surface area contributed by atoms with Crippen LogP contribution >= 0.6 is 0 Å². The molecule has 1 saturated heterocycles. The number of methoxy groups -OCH3 is 1. The Bertz CT molecular complexity index is 477. The lowest BCUT2D eigenvalue weighted by Crippen LogP contribution is -2.42. The first-order chi connectivity index (χ1) is 9.53. The van der Waals surface area contributed by atoms with Gasteiger partial charge in [0.25, 0.3) is 0 Å². The summed E-state index contributed by atoms with van der Waals surface area (Å²) in [6, 6.07) is 7.87. The first kappa shape index (κ1) is 14.8. The van der Waals surface area contributed by atoms with Crippen LogP contribution in [0.4, 0.5) is 0 Å². The number of carboxylic acid groups (broad SMARTS) is 1. The van der Waals surface area contributed by atoms with Crippen LogP contribution < -0.4 is 4.74 Å². The predicted molar refractivity (Wildman–Crippen MR) is 75.1 cm³/mol. The van der Waals surface area contributed by atoms with E-state index < -0.39 is 11.6 Å². The number of aliphatic carboxylic acids is 1. The molecule has 0 spiro atoms. The van der Waals surface area contributed by atoms with E-state index in [1.165, 1.54) is 0 Å². The lowest BCUT2D eigenvalue weighted by Gasteiger charge is -2.27. The molecule has 0 aliphatic carbocycles. The smallest absolute Gasteiger partial charge is 0.317 e. The largest absolute Gasteiger partial charge is 0.491 e. The Balaban J connectivity index is 1.94. The molecule has 0 aromatic heterocycles. The molecule has 2 rings (SSSR count). The number of hydrogen-bond acceptors (Lipinski definition) is 4. The van der Waals surface area contributed by atoms with Crippen molar-refractivity contribution >= 4 is 5.97 Å². The van der Waals surface area contributed by atoms with E-state index in [-0.39, 0.29) is 6.54 Å². The quantitative estimate of drug-likeness (QED) is 0.856. The Morgan fingerprint density at radius 2 is 2.30 bits per heavy atom. The average molecular weight is 279 g/mol.